The molecule has 0 aliphatic heterocycles. The van der Waals surface area contributed by atoms with Crippen molar-refractivity contribution in [3.8, 4) is 0 Å². The Labute approximate surface area is 113 Å². The molecule has 0 aliphatic carbocycles. The van der Waals surface area contributed by atoms with Gasteiger partial charge in [0.2, 0.25) is 10.0 Å². The minimum atomic E-state index is -3.73. The van der Waals surface area contributed by atoms with Gasteiger partial charge in [0.05, 0.1) is 4.90 Å². The van der Waals surface area contributed by atoms with Gasteiger partial charge >= 0.3 is 0 Å². The summed E-state index contributed by atoms with van der Waals surface area (Å²) in [7, 11) is -1.83. The molecule has 0 saturated carbocycles. The summed E-state index contributed by atoms with van der Waals surface area (Å²) >= 11 is 1.73. The Morgan fingerprint density at radius 3 is 2.50 bits per heavy atom. The molecule has 0 aromatic heterocycles. The quantitative estimate of drug-likeness (QED) is 0.792. The summed E-state index contributed by atoms with van der Waals surface area (Å²) < 4.78 is 22.7. The van der Waals surface area contributed by atoms with E-state index in [-0.39, 0.29) is 10.9 Å². The van der Waals surface area contributed by atoms with Gasteiger partial charge in [0.1, 0.15) is 0 Å². The predicted molar refractivity (Wildman–Crippen MR) is 78.5 cm³/mol. The molecule has 1 atom stereocenters. The van der Waals surface area contributed by atoms with Crippen molar-refractivity contribution in [2.24, 2.45) is 5.14 Å². The first-order valence-electron chi connectivity index (χ1n) is 5.41. The van der Waals surface area contributed by atoms with E-state index in [1.54, 1.807) is 23.9 Å². The molecule has 102 valence electrons. The number of anilines is 2. The number of primary sulfonamides is 1. The number of nitrogen functional groups attached to an aromatic ring is 1. The van der Waals surface area contributed by atoms with E-state index in [0.29, 0.717) is 5.69 Å². The fourth-order valence-electron chi connectivity index (χ4n) is 1.58. The molecule has 0 spiro atoms. The van der Waals surface area contributed by atoms with E-state index in [4.69, 9.17) is 10.9 Å². The van der Waals surface area contributed by atoms with Crippen molar-refractivity contribution in [3.63, 3.8) is 0 Å². The average Bonchev–Trinajstić information content (AvgIpc) is 2.26. The summed E-state index contributed by atoms with van der Waals surface area (Å²) in [6.07, 6.45) is 2.03. The zero-order valence-corrected chi connectivity index (χ0v) is 12.4. The average molecular weight is 289 g/mol. The van der Waals surface area contributed by atoms with Crippen LogP contribution in [0.2, 0.25) is 0 Å². The Balaban J connectivity index is 3.14. The number of thioether (sulfide) groups is 1. The van der Waals surface area contributed by atoms with Gasteiger partial charge in [-0.15, -0.1) is 0 Å². The Kier molecular flexibility index (Phi) is 4.89. The topological polar surface area (TPSA) is 89.4 Å². The van der Waals surface area contributed by atoms with Crippen molar-refractivity contribution in [1.82, 2.24) is 0 Å². The first-order valence-corrected chi connectivity index (χ1v) is 8.35. The zero-order chi connectivity index (χ0) is 13.9. The summed E-state index contributed by atoms with van der Waals surface area (Å²) in [6.45, 7) is 2.07. The highest BCUT2D eigenvalue weighted by Gasteiger charge is 2.14. The van der Waals surface area contributed by atoms with Crippen LogP contribution < -0.4 is 15.8 Å². The van der Waals surface area contributed by atoms with Gasteiger partial charge in [0, 0.05) is 30.2 Å². The molecule has 5 nitrogen and oxygen atoms in total. The van der Waals surface area contributed by atoms with Crippen LogP contribution in [-0.2, 0) is 10.0 Å². The van der Waals surface area contributed by atoms with E-state index in [1.807, 2.05) is 18.2 Å². The highest BCUT2D eigenvalue weighted by Crippen LogP contribution is 2.24. The van der Waals surface area contributed by atoms with Crippen LogP contribution in [0, 0.1) is 0 Å². The highest BCUT2D eigenvalue weighted by molar-refractivity contribution is 7.98. The fourth-order valence-corrected chi connectivity index (χ4v) is 2.87. The molecular weight excluding hydrogens is 270 g/mol. The molecule has 0 fully saturated rings. The summed E-state index contributed by atoms with van der Waals surface area (Å²) in [5.41, 5.74) is 6.86. The van der Waals surface area contributed by atoms with Crippen molar-refractivity contribution in [1.29, 1.82) is 0 Å². The van der Waals surface area contributed by atoms with Crippen molar-refractivity contribution in [3.05, 3.63) is 18.2 Å². The maximum absolute atomic E-state index is 11.4. The van der Waals surface area contributed by atoms with Crippen molar-refractivity contribution < 1.29 is 8.42 Å². The Morgan fingerprint density at radius 1 is 1.39 bits per heavy atom. The Hall–Kier alpha value is -0.920. The van der Waals surface area contributed by atoms with Crippen LogP contribution in [0.1, 0.15) is 6.92 Å². The molecule has 1 aromatic rings. The third-order valence-electron chi connectivity index (χ3n) is 2.72. The summed E-state index contributed by atoms with van der Waals surface area (Å²) in [4.78, 5) is 2.03. The van der Waals surface area contributed by atoms with Gasteiger partial charge in [0.25, 0.3) is 0 Å². The second-order valence-electron chi connectivity index (χ2n) is 4.22. The molecule has 1 unspecified atom stereocenters. The number of rotatable bonds is 5. The lowest BCUT2D eigenvalue weighted by Gasteiger charge is -2.27. The van der Waals surface area contributed by atoms with Gasteiger partial charge in [-0.3, -0.25) is 0 Å². The van der Waals surface area contributed by atoms with Crippen molar-refractivity contribution in [2.75, 3.05) is 29.7 Å². The summed E-state index contributed by atoms with van der Waals surface area (Å²) in [5, 5.41) is 5.12. The van der Waals surface area contributed by atoms with Crippen LogP contribution in [0.25, 0.3) is 0 Å². The molecule has 1 rings (SSSR count). The van der Waals surface area contributed by atoms with Crippen LogP contribution in [0.4, 0.5) is 11.4 Å². The van der Waals surface area contributed by atoms with E-state index in [2.05, 4.69) is 6.92 Å². The molecule has 7 heteroatoms. The molecule has 4 N–H and O–H groups in total. The predicted octanol–water partition coefficient (Wildman–Crippen LogP) is 1.10. The van der Waals surface area contributed by atoms with Crippen LogP contribution in [0.5, 0.6) is 0 Å². The molecule has 0 radical (unpaired) electrons. The SMILES string of the molecule is CSCC(C)N(C)c1cc(N)cc(S(N)(=O)=O)c1. The second kappa shape index (κ2) is 5.81. The van der Waals surface area contributed by atoms with Gasteiger partial charge < -0.3 is 10.6 Å². The lowest BCUT2D eigenvalue weighted by atomic mass is 10.2. The molecular formula is C11H19N3O2S2. The lowest BCUT2D eigenvalue weighted by molar-refractivity contribution is 0.597. The number of hydrogen-bond acceptors (Lipinski definition) is 5. The van der Waals surface area contributed by atoms with Gasteiger partial charge in [-0.1, -0.05) is 0 Å². The zero-order valence-electron chi connectivity index (χ0n) is 10.8. The van der Waals surface area contributed by atoms with E-state index in [0.717, 1.165) is 11.4 Å². The van der Waals surface area contributed by atoms with Gasteiger partial charge in [-0.2, -0.15) is 11.8 Å². The third-order valence-corrected chi connectivity index (χ3v) is 4.43. The van der Waals surface area contributed by atoms with Gasteiger partial charge in [0.15, 0.2) is 0 Å². The summed E-state index contributed by atoms with van der Waals surface area (Å²) in [6, 6.07) is 4.93. The van der Waals surface area contributed by atoms with Gasteiger partial charge in [-0.05, 0) is 31.4 Å². The Morgan fingerprint density at radius 2 is 2.00 bits per heavy atom. The van der Waals surface area contributed by atoms with Crippen molar-refractivity contribution in [2.45, 2.75) is 17.9 Å². The molecule has 0 amide bonds. The number of nitrogens with zero attached hydrogens (tertiary/aromatic N) is 1. The molecule has 0 bridgehead atoms. The first kappa shape index (κ1) is 15.1. The number of benzene rings is 1. The number of nitrogens with two attached hydrogens (primary N) is 2. The minimum Gasteiger partial charge on any atom is -0.399 e. The summed E-state index contributed by atoms with van der Waals surface area (Å²) in [5.74, 6) is 0.940. The standard InChI is InChI=1S/C11H19N3O2S2/c1-8(7-17-3)14(2)10-4-9(12)5-11(6-10)18(13,15)16/h4-6,8H,7,12H2,1-3H3,(H2,13,15,16). The molecule has 0 heterocycles. The van der Waals surface area contributed by atoms with Crippen LogP contribution in [0.15, 0.2) is 23.1 Å². The van der Waals surface area contributed by atoms with Crippen molar-refractivity contribution >= 4 is 33.2 Å². The molecule has 0 aliphatic rings. The number of hydrogen-bond donors (Lipinski definition) is 2. The van der Waals surface area contributed by atoms with E-state index >= 15 is 0 Å². The fraction of sp³-hybridized carbons (Fsp3) is 0.455. The largest absolute Gasteiger partial charge is 0.399 e. The highest BCUT2D eigenvalue weighted by atomic mass is 32.2. The Bertz CT molecular complexity index is 517. The minimum absolute atomic E-state index is 0.0423. The molecule has 18 heavy (non-hydrogen) atoms. The normalized spacial score (nSPS) is 13.3. The first-order chi connectivity index (χ1) is 8.25. The van der Waals surface area contributed by atoms with E-state index < -0.39 is 10.0 Å². The second-order valence-corrected chi connectivity index (χ2v) is 6.69. The number of sulfonamides is 1. The van der Waals surface area contributed by atoms with Gasteiger partial charge in [-0.25, -0.2) is 13.6 Å². The monoisotopic (exact) mass is 289 g/mol. The van der Waals surface area contributed by atoms with Crippen LogP contribution in [-0.4, -0.2) is 33.5 Å². The smallest absolute Gasteiger partial charge is 0.238 e. The van der Waals surface area contributed by atoms with Crippen LogP contribution >= 0.6 is 11.8 Å². The van der Waals surface area contributed by atoms with E-state index in [1.165, 1.54) is 6.07 Å². The third kappa shape index (κ3) is 3.79. The molecule has 1 aromatic carbocycles. The maximum atomic E-state index is 11.4. The lowest BCUT2D eigenvalue weighted by Crippen LogP contribution is -2.31. The van der Waals surface area contributed by atoms with Crippen LogP contribution in [0.3, 0.4) is 0 Å². The maximum Gasteiger partial charge on any atom is 0.238 e. The van der Waals surface area contributed by atoms with E-state index in [9.17, 15) is 8.42 Å². The molecule has 0 saturated heterocycles.